The molecule has 2 aromatic rings. The second-order valence-electron chi connectivity index (χ2n) is 5.72. The van der Waals surface area contributed by atoms with Gasteiger partial charge in [-0.15, -0.1) is 0 Å². The van der Waals surface area contributed by atoms with E-state index in [-0.39, 0.29) is 11.9 Å². The second kappa shape index (κ2) is 5.70. The number of carbonyl (C=O) groups excluding carboxylic acids is 1. The quantitative estimate of drug-likeness (QED) is 0.938. The predicted molar refractivity (Wildman–Crippen MR) is 83.6 cm³/mol. The lowest BCUT2D eigenvalue weighted by molar-refractivity contribution is -0.124. The molecule has 2 N–H and O–H groups in total. The number of carbonyl (C=O) groups is 1. The Hall–Kier alpha value is -2.13. The van der Waals surface area contributed by atoms with Crippen molar-refractivity contribution in [3.05, 3.63) is 70.8 Å². The molecule has 1 amide bonds. The molecular formula is C18H20N2O. The van der Waals surface area contributed by atoms with Crippen molar-refractivity contribution in [3.63, 3.8) is 0 Å². The molecule has 2 aromatic carbocycles. The minimum Gasteiger partial charge on any atom is -0.368 e. The van der Waals surface area contributed by atoms with Crippen LogP contribution < -0.4 is 5.73 Å². The summed E-state index contributed by atoms with van der Waals surface area (Å²) in [5.41, 5.74) is 10.7. The van der Waals surface area contributed by atoms with Crippen molar-refractivity contribution >= 4 is 5.91 Å². The van der Waals surface area contributed by atoms with E-state index in [0.29, 0.717) is 6.42 Å². The maximum absolute atomic E-state index is 11.8. The van der Waals surface area contributed by atoms with E-state index >= 15 is 0 Å². The maximum atomic E-state index is 11.8. The van der Waals surface area contributed by atoms with Gasteiger partial charge in [0.25, 0.3) is 0 Å². The van der Waals surface area contributed by atoms with Crippen molar-refractivity contribution < 1.29 is 4.79 Å². The molecule has 0 saturated carbocycles. The molecule has 108 valence electrons. The topological polar surface area (TPSA) is 46.3 Å². The normalized spacial score (nSPS) is 18.2. The molecule has 21 heavy (non-hydrogen) atoms. The summed E-state index contributed by atoms with van der Waals surface area (Å²) in [6.45, 7) is 3.64. The van der Waals surface area contributed by atoms with Gasteiger partial charge in [-0.05, 0) is 35.6 Å². The molecule has 1 unspecified atom stereocenters. The van der Waals surface area contributed by atoms with Crippen molar-refractivity contribution in [1.82, 2.24) is 4.90 Å². The van der Waals surface area contributed by atoms with Crippen molar-refractivity contribution in [3.8, 4) is 0 Å². The molecular weight excluding hydrogens is 260 g/mol. The van der Waals surface area contributed by atoms with E-state index < -0.39 is 0 Å². The molecule has 1 aliphatic heterocycles. The third kappa shape index (κ3) is 2.83. The molecule has 1 aliphatic rings. The van der Waals surface area contributed by atoms with Gasteiger partial charge in [0, 0.05) is 13.1 Å². The van der Waals surface area contributed by atoms with Crippen molar-refractivity contribution in [2.45, 2.75) is 32.5 Å². The average molecular weight is 280 g/mol. The van der Waals surface area contributed by atoms with Crippen LogP contribution in [0.25, 0.3) is 0 Å². The summed E-state index contributed by atoms with van der Waals surface area (Å²) in [5, 5.41) is 0. The zero-order valence-corrected chi connectivity index (χ0v) is 12.3. The van der Waals surface area contributed by atoms with Crippen molar-refractivity contribution in [1.29, 1.82) is 0 Å². The number of hydrogen-bond acceptors (Lipinski definition) is 2. The van der Waals surface area contributed by atoms with Crippen LogP contribution in [0.15, 0.2) is 48.5 Å². The highest BCUT2D eigenvalue weighted by atomic mass is 16.1. The smallest absolute Gasteiger partial charge is 0.235 e. The summed E-state index contributed by atoms with van der Waals surface area (Å²) >= 11 is 0. The summed E-state index contributed by atoms with van der Waals surface area (Å²) in [6.07, 6.45) is 0.706. The highest BCUT2D eigenvalue weighted by Crippen LogP contribution is 2.25. The molecule has 0 fully saturated rings. The fraction of sp³-hybridized carbons (Fsp3) is 0.278. The average Bonchev–Trinajstić information content (AvgIpc) is 2.48. The van der Waals surface area contributed by atoms with Gasteiger partial charge in [0.15, 0.2) is 0 Å². The van der Waals surface area contributed by atoms with E-state index in [1.54, 1.807) is 0 Å². The molecule has 0 spiro atoms. The molecule has 3 heteroatoms. The highest BCUT2D eigenvalue weighted by Gasteiger charge is 2.29. The number of hydrogen-bond donors (Lipinski definition) is 1. The first-order valence-electron chi connectivity index (χ1n) is 7.30. The lowest BCUT2D eigenvalue weighted by atomic mass is 9.93. The Bertz CT molecular complexity index is 666. The minimum absolute atomic E-state index is 0.223. The summed E-state index contributed by atoms with van der Waals surface area (Å²) in [7, 11) is 0. The van der Waals surface area contributed by atoms with E-state index in [1.165, 1.54) is 22.3 Å². The third-order valence-corrected chi connectivity index (χ3v) is 4.31. The van der Waals surface area contributed by atoms with E-state index in [2.05, 4.69) is 42.2 Å². The highest BCUT2D eigenvalue weighted by molar-refractivity contribution is 5.80. The Morgan fingerprint density at radius 3 is 2.52 bits per heavy atom. The fourth-order valence-corrected chi connectivity index (χ4v) is 3.03. The maximum Gasteiger partial charge on any atom is 0.235 e. The zero-order valence-electron chi connectivity index (χ0n) is 12.3. The Balaban J connectivity index is 1.89. The number of nitrogens with zero attached hydrogens (tertiary/aromatic N) is 1. The van der Waals surface area contributed by atoms with Gasteiger partial charge in [0.05, 0.1) is 6.04 Å². The SMILES string of the molecule is Cc1ccccc1CN1Cc2ccccc2CC1C(N)=O. The first-order chi connectivity index (χ1) is 10.1. The van der Waals surface area contributed by atoms with Crippen LogP contribution in [0.3, 0.4) is 0 Å². The van der Waals surface area contributed by atoms with Crippen LogP contribution in [0.1, 0.15) is 22.3 Å². The van der Waals surface area contributed by atoms with Gasteiger partial charge in [-0.2, -0.15) is 0 Å². The summed E-state index contributed by atoms with van der Waals surface area (Å²) in [6, 6.07) is 16.4. The van der Waals surface area contributed by atoms with Gasteiger partial charge >= 0.3 is 0 Å². The molecule has 1 atom stereocenters. The lowest BCUT2D eigenvalue weighted by Gasteiger charge is -2.35. The summed E-state index contributed by atoms with van der Waals surface area (Å²) < 4.78 is 0. The van der Waals surface area contributed by atoms with Crippen LogP contribution in [-0.2, 0) is 24.3 Å². The Kier molecular flexibility index (Phi) is 3.76. The van der Waals surface area contributed by atoms with Crippen LogP contribution in [0.2, 0.25) is 0 Å². The van der Waals surface area contributed by atoms with Gasteiger partial charge in [-0.25, -0.2) is 0 Å². The molecule has 3 nitrogen and oxygen atoms in total. The number of nitrogens with two attached hydrogens (primary N) is 1. The Labute approximate surface area is 125 Å². The Morgan fingerprint density at radius 1 is 1.14 bits per heavy atom. The predicted octanol–water partition coefficient (Wildman–Crippen LogP) is 2.41. The van der Waals surface area contributed by atoms with Crippen LogP contribution in [0, 0.1) is 6.92 Å². The first kappa shape index (κ1) is 13.8. The van der Waals surface area contributed by atoms with E-state index in [9.17, 15) is 4.79 Å². The molecule has 0 bridgehead atoms. The summed E-state index contributed by atoms with van der Waals surface area (Å²) in [5.74, 6) is -0.238. The monoisotopic (exact) mass is 280 g/mol. The largest absolute Gasteiger partial charge is 0.368 e. The number of aryl methyl sites for hydroxylation is 1. The first-order valence-corrected chi connectivity index (χ1v) is 7.30. The molecule has 0 aromatic heterocycles. The number of fused-ring (bicyclic) bond motifs is 1. The molecule has 0 aliphatic carbocycles. The van der Waals surface area contributed by atoms with Gasteiger partial charge in [-0.3, -0.25) is 9.69 Å². The molecule has 1 heterocycles. The number of amides is 1. The zero-order chi connectivity index (χ0) is 14.8. The minimum atomic E-state index is -0.238. The van der Waals surface area contributed by atoms with Crippen LogP contribution in [0.4, 0.5) is 0 Å². The van der Waals surface area contributed by atoms with Gasteiger partial charge in [-0.1, -0.05) is 48.5 Å². The van der Waals surface area contributed by atoms with Gasteiger partial charge in [0.2, 0.25) is 5.91 Å². The van der Waals surface area contributed by atoms with Crippen LogP contribution in [0.5, 0.6) is 0 Å². The van der Waals surface area contributed by atoms with E-state index in [0.717, 1.165) is 13.1 Å². The standard InChI is InChI=1S/C18H20N2O/c1-13-6-2-3-8-15(13)11-20-12-16-9-5-4-7-14(16)10-17(20)18(19)21/h2-9,17H,10-12H2,1H3,(H2,19,21). The third-order valence-electron chi connectivity index (χ3n) is 4.31. The van der Waals surface area contributed by atoms with Crippen molar-refractivity contribution in [2.75, 3.05) is 0 Å². The van der Waals surface area contributed by atoms with Crippen LogP contribution >= 0.6 is 0 Å². The molecule has 0 saturated heterocycles. The number of primary amides is 1. The fourth-order valence-electron chi connectivity index (χ4n) is 3.03. The molecule has 3 rings (SSSR count). The van der Waals surface area contributed by atoms with E-state index in [1.807, 2.05) is 18.2 Å². The molecule has 0 radical (unpaired) electrons. The Morgan fingerprint density at radius 2 is 1.81 bits per heavy atom. The van der Waals surface area contributed by atoms with Crippen LogP contribution in [-0.4, -0.2) is 16.8 Å². The number of rotatable bonds is 3. The summed E-state index contributed by atoms with van der Waals surface area (Å²) in [4.78, 5) is 14.0. The van der Waals surface area contributed by atoms with Gasteiger partial charge < -0.3 is 5.73 Å². The lowest BCUT2D eigenvalue weighted by Crippen LogP contribution is -2.48. The van der Waals surface area contributed by atoms with Gasteiger partial charge in [0.1, 0.15) is 0 Å². The van der Waals surface area contributed by atoms with E-state index in [4.69, 9.17) is 5.73 Å². The second-order valence-corrected chi connectivity index (χ2v) is 5.72. The van der Waals surface area contributed by atoms with Crippen molar-refractivity contribution in [2.24, 2.45) is 5.73 Å². The number of benzene rings is 2.